The molecule has 0 spiro atoms. The zero-order valence-corrected chi connectivity index (χ0v) is 21.7. The molecular weight excluding hydrogens is 430 g/mol. The third-order valence-electron chi connectivity index (χ3n) is 6.37. The topological polar surface area (TPSA) is 96.5 Å². The minimum absolute atomic E-state index is 0.0361. The Morgan fingerprint density at radius 2 is 1.76 bits per heavy atom. The fraction of sp³-hybridized carbons (Fsp3) is 0.667. The van der Waals surface area contributed by atoms with Gasteiger partial charge in [-0.1, -0.05) is 45.4 Å². The highest BCUT2D eigenvalue weighted by Gasteiger charge is 2.35. The van der Waals surface area contributed by atoms with Crippen molar-refractivity contribution in [3.05, 3.63) is 29.8 Å². The van der Waals surface area contributed by atoms with E-state index in [1.54, 1.807) is 20.8 Å². The predicted octanol–water partition coefficient (Wildman–Crippen LogP) is 4.91. The molecule has 0 aliphatic heterocycles. The van der Waals surface area contributed by atoms with Gasteiger partial charge in [0, 0.05) is 31.1 Å². The molecule has 3 unspecified atom stereocenters. The van der Waals surface area contributed by atoms with Crippen molar-refractivity contribution in [2.24, 2.45) is 23.7 Å². The Morgan fingerprint density at radius 1 is 1.06 bits per heavy atom. The summed E-state index contributed by atoms with van der Waals surface area (Å²) >= 11 is 0. The van der Waals surface area contributed by atoms with Gasteiger partial charge in [0.2, 0.25) is 11.8 Å². The number of nitrogens with one attached hydrogen (secondary N) is 3. The van der Waals surface area contributed by atoms with Crippen molar-refractivity contribution in [2.45, 2.75) is 79.2 Å². The maximum atomic E-state index is 13.2. The summed E-state index contributed by atoms with van der Waals surface area (Å²) < 4.78 is 5.16. The first-order chi connectivity index (χ1) is 16.0. The molecule has 3 amide bonds. The molecule has 1 fully saturated rings. The molecule has 0 saturated heterocycles. The number of carbonyl (C=O) groups excluding carboxylic acids is 3. The number of amides is 3. The zero-order valence-electron chi connectivity index (χ0n) is 21.7. The quantitative estimate of drug-likeness (QED) is 0.475. The molecule has 190 valence electrons. The number of hydrogen-bond donors (Lipinski definition) is 3. The number of para-hydroxylation sites is 1. The second-order valence-electron chi connectivity index (χ2n) is 10.9. The molecule has 1 aromatic carbocycles. The van der Waals surface area contributed by atoms with Gasteiger partial charge in [0.15, 0.2) is 0 Å². The van der Waals surface area contributed by atoms with Crippen LogP contribution in [0.3, 0.4) is 0 Å². The van der Waals surface area contributed by atoms with E-state index in [-0.39, 0.29) is 30.7 Å². The van der Waals surface area contributed by atoms with E-state index in [2.05, 4.69) is 36.7 Å². The van der Waals surface area contributed by atoms with Gasteiger partial charge in [-0.05, 0) is 69.4 Å². The van der Waals surface area contributed by atoms with Crippen LogP contribution in [-0.2, 0) is 20.7 Å². The first kappa shape index (κ1) is 27.7. The minimum atomic E-state index is -0.569. The standard InChI is InChI=1S/C27H43N3O4/c1-18(2)21-12-11-19(3)17-22(21)25(32)30-23-10-8-7-9-20(23)13-15-28-24(31)14-16-29-26(33)34-27(4,5)6/h7-10,18-19,21-22H,11-17H2,1-6H3,(H,28,31)(H,29,33)(H,30,32). The van der Waals surface area contributed by atoms with Crippen molar-refractivity contribution in [1.82, 2.24) is 10.6 Å². The van der Waals surface area contributed by atoms with Gasteiger partial charge in [-0.15, -0.1) is 0 Å². The predicted molar refractivity (Wildman–Crippen MR) is 135 cm³/mol. The SMILES string of the molecule is CC1CCC(C(C)C)C(C(=O)Nc2ccccc2CCNC(=O)CCNC(=O)OC(C)(C)C)C1. The van der Waals surface area contributed by atoms with Gasteiger partial charge in [-0.2, -0.15) is 0 Å². The molecule has 7 nitrogen and oxygen atoms in total. The molecule has 34 heavy (non-hydrogen) atoms. The smallest absolute Gasteiger partial charge is 0.407 e. The van der Waals surface area contributed by atoms with E-state index in [1.807, 2.05) is 24.3 Å². The Balaban J connectivity index is 1.83. The van der Waals surface area contributed by atoms with Crippen LogP contribution in [0.4, 0.5) is 10.5 Å². The molecule has 1 aliphatic carbocycles. The Kier molecular flexibility index (Phi) is 10.4. The van der Waals surface area contributed by atoms with Gasteiger partial charge in [-0.25, -0.2) is 4.79 Å². The van der Waals surface area contributed by atoms with E-state index in [1.165, 1.54) is 6.42 Å². The fourth-order valence-electron chi connectivity index (χ4n) is 4.61. The maximum Gasteiger partial charge on any atom is 0.407 e. The second-order valence-corrected chi connectivity index (χ2v) is 10.9. The van der Waals surface area contributed by atoms with Crippen molar-refractivity contribution in [2.75, 3.05) is 18.4 Å². The monoisotopic (exact) mass is 473 g/mol. The molecule has 3 atom stereocenters. The van der Waals surface area contributed by atoms with Gasteiger partial charge in [0.05, 0.1) is 0 Å². The van der Waals surface area contributed by atoms with Crippen molar-refractivity contribution in [3.8, 4) is 0 Å². The summed E-state index contributed by atoms with van der Waals surface area (Å²) in [6.07, 6.45) is 3.48. The third-order valence-corrected chi connectivity index (χ3v) is 6.37. The van der Waals surface area contributed by atoms with Crippen LogP contribution in [0.2, 0.25) is 0 Å². The lowest BCUT2D eigenvalue weighted by Crippen LogP contribution is -2.37. The molecule has 0 aromatic heterocycles. The largest absolute Gasteiger partial charge is 0.444 e. The molecule has 1 saturated carbocycles. The summed E-state index contributed by atoms with van der Waals surface area (Å²) in [5.41, 5.74) is 1.24. The van der Waals surface area contributed by atoms with E-state index in [9.17, 15) is 14.4 Å². The molecule has 0 heterocycles. The molecular formula is C27H43N3O4. The minimum Gasteiger partial charge on any atom is -0.444 e. The van der Waals surface area contributed by atoms with Crippen LogP contribution < -0.4 is 16.0 Å². The second kappa shape index (κ2) is 12.8. The fourth-order valence-corrected chi connectivity index (χ4v) is 4.61. The van der Waals surface area contributed by atoms with Crippen LogP contribution >= 0.6 is 0 Å². The third kappa shape index (κ3) is 9.35. The van der Waals surface area contributed by atoms with Crippen LogP contribution in [-0.4, -0.2) is 36.6 Å². The van der Waals surface area contributed by atoms with Crippen LogP contribution in [0.1, 0.15) is 72.8 Å². The Morgan fingerprint density at radius 3 is 2.44 bits per heavy atom. The molecule has 0 radical (unpaired) electrons. The van der Waals surface area contributed by atoms with E-state index in [4.69, 9.17) is 4.74 Å². The van der Waals surface area contributed by atoms with E-state index >= 15 is 0 Å². The summed E-state index contributed by atoms with van der Waals surface area (Å²) in [5, 5.41) is 8.64. The molecule has 1 aliphatic rings. The number of hydrogen-bond acceptors (Lipinski definition) is 4. The van der Waals surface area contributed by atoms with Crippen LogP contribution in [0.25, 0.3) is 0 Å². The van der Waals surface area contributed by atoms with Crippen LogP contribution in [0, 0.1) is 23.7 Å². The highest BCUT2D eigenvalue weighted by atomic mass is 16.6. The Labute approximate surface area is 204 Å². The average Bonchev–Trinajstić information content (AvgIpc) is 2.73. The van der Waals surface area contributed by atoms with Crippen molar-refractivity contribution >= 4 is 23.6 Å². The average molecular weight is 474 g/mol. The summed E-state index contributed by atoms with van der Waals surface area (Å²) in [5.74, 6) is 1.47. The number of benzene rings is 1. The summed E-state index contributed by atoms with van der Waals surface area (Å²) in [4.78, 5) is 37.0. The van der Waals surface area contributed by atoms with Crippen molar-refractivity contribution in [3.63, 3.8) is 0 Å². The van der Waals surface area contributed by atoms with Gasteiger partial charge in [-0.3, -0.25) is 9.59 Å². The number of alkyl carbamates (subject to hydrolysis) is 1. The highest BCUT2D eigenvalue weighted by molar-refractivity contribution is 5.93. The maximum absolute atomic E-state index is 13.2. The highest BCUT2D eigenvalue weighted by Crippen LogP contribution is 2.38. The first-order valence-corrected chi connectivity index (χ1v) is 12.6. The van der Waals surface area contributed by atoms with Gasteiger partial charge >= 0.3 is 6.09 Å². The summed E-state index contributed by atoms with van der Waals surface area (Å²) in [6.45, 7) is 12.7. The van der Waals surface area contributed by atoms with E-state index < -0.39 is 11.7 Å². The van der Waals surface area contributed by atoms with Gasteiger partial charge in [0.1, 0.15) is 5.60 Å². The zero-order chi connectivity index (χ0) is 25.3. The summed E-state index contributed by atoms with van der Waals surface area (Å²) in [6, 6.07) is 7.77. The lowest BCUT2D eigenvalue weighted by atomic mass is 9.70. The molecule has 2 rings (SSSR count). The molecule has 0 bridgehead atoms. The molecule has 3 N–H and O–H groups in total. The summed E-state index contributed by atoms with van der Waals surface area (Å²) in [7, 11) is 0. The Hall–Kier alpha value is -2.57. The normalized spacial score (nSPS) is 20.5. The van der Waals surface area contributed by atoms with Gasteiger partial charge in [0.25, 0.3) is 0 Å². The van der Waals surface area contributed by atoms with E-state index in [0.717, 1.165) is 24.1 Å². The number of ether oxygens (including phenoxy) is 1. The first-order valence-electron chi connectivity index (χ1n) is 12.6. The number of carbonyl (C=O) groups is 3. The molecule has 7 heteroatoms. The number of rotatable bonds is 9. The van der Waals surface area contributed by atoms with Crippen molar-refractivity contribution in [1.29, 1.82) is 0 Å². The lowest BCUT2D eigenvalue weighted by molar-refractivity contribution is -0.124. The van der Waals surface area contributed by atoms with Gasteiger partial charge < -0.3 is 20.7 Å². The Bertz CT molecular complexity index is 831. The lowest BCUT2D eigenvalue weighted by Gasteiger charge is -2.36. The molecule has 1 aromatic rings. The van der Waals surface area contributed by atoms with E-state index in [0.29, 0.717) is 30.7 Å². The number of anilines is 1. The van der Waals surface area contributed by atoms with Crippen molar-refractivity contribution < 1.29 is 19.1 Å². The van der Waals surface area contributed by atoms with Crippen LogP contribution in [0.5, 0.6) is 0 Å². The van der Waals surface area contributed by atoms with Crippen LogP contribution in [0.15, 0.2) is 24.3 Å².